The minimum Gasteiger partial charge on any atom is -0.362 e. The van der Waals surface area contributed by atoms with E-state index in [4.69, 9.17) is 11.6 Å². The Morgan fingerprint density at radius 2 is 2.12 bits per heavy atom. The van der Waals surface area contributed by atoms with E-state index in [0.717, 1.165) is 10.4 Å². The summed E-state index contributed by atoms with van der Waals surface area (Å²) in [4.78, 5) is 23.7. The molecule has 134 valence electrons. The summed E-state index contributed by atoms with van der Waals surface area (Å²) in [7, 11) is 3.66. The molecule has 0 unspecified atom stereocenters. The van der Waals surface area contributed by atoms with Gasteiger partial charge in [-0.05, 0) is 29.8 Å². The van der Waals surface area contributed by atoms with Crippen molar-refractivity contribution in [1.82, 2.24) is 9.97 Å². The summed E-state index contributed by atoms with van der Waals surface area (Å²) in [6.45, 7) is 0. The van der Waals surface area contributed by atoms with Crippen LogP contribution in [0.15, 0.2) is 42.7 Å². The van der Waals surface area contributed by atoms with Crippen molar-refractivity contribution in [3.05, 3.63) is 69.6 Å². The van der Waals surface area contributed by atoms with E-state index < -0.39 is 5.82 Å². The van der Waals surface area contributed by atoms with E-state index in [-0.39, 0.29) is 10.9 Å². The summed E-state index contributed by atoms with van der Waals surface area (Å²) in [5.74, 6) is -0.129. The van der Waals surface area contributed by atoms with Crippen molar-refractivity contribution in [3.8, 4) is 0 Å². The molecule has 3 aromatic rings. The van der Waals surface area contributed by atoms with Crippen molar-refractivity contribution in [2.45, 2.75) is 6.42 Å². The number of rotatable bonds is 5. The molecule has 0 bridgehead atoms. The number of nitrogens with zero attached hydrogens (tertiary/aromatic N) is 3. The molecule has 1 N–H and O–H groups in total. The van der Waals surface area contributed by atoms with E-state index in [2.05, 4.69) is 15.3 Å². The van der Waals surface area contributed by atoms with Crippen molar-refractivity contribution < 1.29 is 9.18 Å². The predicted octanol–water partition coefficient (Wildman–Crippen LogP) is 4.24. The highest BCUT2D eigenvalue weighted by Gasteiger charge is 2.15. The standard InChI is InChI=1S/C18H16ClFN4OS/c1-24(2)16-13(4-3-7-21-16)17(25)23-18-22-10-12(26-18)8-11-5-6-15(20)14(19)9-11/h3-7,9-10H,8H2,1-2H3,(H,22,23,25). The smallest absolute Gasteiger partial charge is 0.261 e. The van der Waals surface area contributed by atoms with Crippen molar-refractivity contribution in [2.75, 3.05) is 24.3 Å². The molecule has 0 saturated carbocycles. The Kier molecular flexibility index (Phi) is 5.49. The SMILES string of the molecule is CN(C)c1ncccc1C(=O)Nc1ncc(Cc2ccc(F)c(Cl)c2)s1. The van der Waals surface area contributed by atoms with Crippen molar-refractivity contribution in [1.29, 1.82) is 0 Å². The molecule has 2 heterocycles. The molecule has 0 fully saturated rings. The number of anilines is 2. The van der Waals surface area contributed by atoms with Crippen LogP contribution in [-0.4, -0.2) is 30.0 Å². The fourth-order valence-electron chi connectivity index (χ4n) is 2.39. The van der Waals surface area contributed by atoms with Crippen LogP contribution < -0.4 is 10.2 Å². The Hall–Kier alpha value is -2.51. The van der Waals surface area contributed by atoms with Gasteiger partial charge in [0.1, 0.15) is 11.6 Å². The number of hydrogen-bond acceptors (Lipinski definition) is 5. The largest absolute Gasteiger partial charge is 0.362 e. The second kappa shape index (κ2) is 7.80. The van der Waals surface area contributed by atoms with Gasteiger partial charge < -0.3 is 4.90 Å². The number of aromatic nitrogens is 2. The van der Waals surface area contributed by atoms with Gasteiger partial charge in [0.2, 0.25) is 0 Å². The maximum Gasteiger partial charge on any atom is 0.261 e. The molecule has 0 atom stereocenters. The van der Waals surface area contributed by atoms with Crippen molar-refractivity contribution >= 4 is 39.8 Å². The summed E-state index contributed by atoms with van der Waals surface area (Å²) >= 11 is 7.17. The lowest BCUT2D eigenvalue weighted by Gasteiger charge is -2.14. The molecule has 0 aliphatic carbocycles. The molecule has 1 amide bonds. The number of carbonyl (C=O) groups excluding carboxylic acids is 1. The van der Waals surface area contributed by atoms with E-state index >= 15 is 0 Å². The highest BCUT2D eigenvalue weighted by molar-refractivity contribution is 7.15. The van der Waals surface area contributed by atoms with Gasteiger partial charge in [0.15, 0.2) is 5.13 Å². The number of benzene rings is 1. The molecule has 5 nitrogen and oxygen atoms in total. The van der Waals surface area contributed by atoms with Crippen molar-refractivity contribution in [3.63, 3.8) is 0 Å². The average molecular weight is 391 g/mol. The van der Waals surface area contributed by atoms with Gasteiger partial charge in [-0.15, -0.1) is 11.3 Å². The summed E-state index contributed by atoms with van der Waals surface area (Å²) in [5, 5.41) is 3.38. The van der Waals surface area contributed by atoms with Gasteiger partial charge in [0.25, 0.3) is 5.91 Å². The second-order valence-electron chi connectivity index (χ2n) is 5.78. The molecule has 0 spiro atoms. The summed E-state index contributed by atoms with van der Waals surface area (Å²) in [5.41, 5.74) is 1.35. The zero-order valence-electron chi connectivity index (χ0n) is 14.2. The van der Waals surface area contributed by atoms with E-state index in [9.17, 15) is 9.18 Å². The van der Waals surface area contributed by atoms with Crippen LogP contribution in [0, 0.1) is 5.82 Å². The topological polar surface area (TPSA) is 58.1 Å². The zero-order chi connectivity index (χ0) is 18.7. The molecule has 0 aliphatic heterocycles. The summed E-state index contributed by atoms with van der Waals surface area (Å²) < 4.78 is 13.2. The third-order valence-electron chi connectivity index (χ3n) is 3.59. The lowest BCUT2D eigenvalue weighted by Crippen LogP contribution is -2.19. The van der Waals surface area contributed by atoms with Crippen LogP contribution in [0.25, 0.3) is 0 Å². The summed E-state index contributed by atoms with van der Waals surface area (Å²) in [6.07, 6.45) is 3.89. The quantitative estimate of drug-likeness (QED) is 0.707. The van der Waals surface area contributed by atoms with Gasteiger partial charge in [0, 0.05) is 37.8 Å². The lowest BCUT2D eigenvalue weighted by atomic mass is 10.1. The first-order valence-electron chi connectivity index (χ1n) is 7.76. The molecule has 1 aromatic carbocycles. The Balaban J connectivity index is 1.72. The summed E-state index contributed by atoms with van der Waals surface area (Å²) in [6, 6.07) is 8.04. The number of carbonyl (C=O) groups is 1. The van der Waals surface area contributed by atoms with Crippen LogP contribution in [0.5, 0.6) is 0 Å². The molecule has 26 heavy (non-hydrogen) atoms. The number of halogens is 2. The van der Waals surface area contributed by atoms with Crippen LogP contribution in [0.4, 0.5) is 15.3 Å². The van der Waals surface area contributed by atoms with E-state index in [1.807, 2.05) is 14.1 Å². The van der Waals surface area contributed by atoms with Gasteiger partial charge in [-0.3, -0.25) is 10.1 Å². The third kappa shape index (κ3) is 4.17. The predicted molar refractivity (Wildman–Crippen MR) is 103 cm³/mol. The molecule has 0 aliphatic rings. The minimum atomic E-state index is -0.444. The fraction of sp³-hybridized carbons (Fsp3) is 0.167. The monoisotopic (exact) mass is 390 g/mol. The van der Waals surface area contributed by atoms with E-state index in [1.54, 1.807) is 41.6 Å². The fourth-order valence-corrected chi connectivity index (χ4v) is 3.44. The van der Waals surface area contributed by atoms with Crippen LogP contribution in [0.3, 0.4) is 0 Å². The number of hydrogen-bond donors (Lipinski definition) is 1. The first-order valence-corrected chi connectivity index (χ1v) is 8.96. The highest BCUT2D eigenvalue weighted by atomic mass is 35.5. The van der Waals surface area contributed by atoms with Crippen molar-refractivity contribution in [2.24, 2.45) is 0 Å². The second-order valence-corrected chi connectivity index (χ2v) is 7.30. The molecular formula is C18H16ClFN4OS. The van der Waals surface area contributed by atoms with Gasteiger partial charge in [-0.25, -0.2) is 14.4 Å². The van der Waals surface area contributed by atoms with Crippen LogP contribution in [-0.2, 0) is 6.42 Å². The Labute approximate surface area is 159 Å². The number of amides is 1. The molecule has 8 heteroatoms. The molecule has 0 saturated heterocycles. The maximum atomic E-state index is 13.2. The lowest BCUT2D eigenvalue weighted by molar-refractivity contribution is 0.102. The molecule has 2 aromatic heterocycles. The Bertz CT molecular complexity index is 944. The van der Waals surface area contributed by atoms with Gasteiger partial charge >= 0.3 is 0 Å². The average Bonchev–Trinajstić information content (AvgIpc) is 3.05. The molecular weight excluding hydrogens is 375 g/mol. The first-order chi connectivity index (χ1) is 12.4. The van der Waals surface area contributed by atoms with Crippen LogP contribution in [0.2, 0.25) is 5.02 Å². The number of pyridine rings is 1. The maximum absolute atomic E-state index is 13.2. The molecule has 3 rings (SSSR count). The Morgan fingerprint density at radius 1 is 1.31 bits per heavy atom. The highest BCUT2D eigenvalue weighted by Crippen LogP contribution is 2.24. The normalized spacial score (nSPS) is 10.6. The van der Waals surface area contributed by atoms with E-state index in [0.29, 0.717) is 22.9 Å². The van der Waals surface area contributed by atoms with Crippen LogP contribution in [0.1, 0.15) is 20.8 Å². The minimum absolute atomic E-state index is 0.0911. The molecule has 0 radical (unpaired) electrons. The zero-order valence-corrected chi connectivity index (χ0v) is 15.7. The number of thiazole rings is 1. The Morgan fingerprint density at radius 3 is 2.85 bits per heavy atom. The van der Waals surface area contributed by atoms with Gasteiger partial charge in [-0.1, -0.05) is 17.7 Å². The first kappa shape index (κ1) is 18.3. The van der Waals surface area contributed by atoms with Gasteiger partial charge in [-0.2, -0.15) is 0 Å². The van der Waals surface area contributed by atoms with Gasteiger partial charge in [0.05, 0.1) is 10.6 Å². The third-order valence-corrected chi connectivity index (χ3v) is 4.79. The van der Waals surface area contributed by atoms with Crippen LogP contribution >= 0.6 is 22.9 Å². The number of nitrogens with one attached hydrogen (secondary N) is 1. The van der Waals surface area contributed by atoms with E-state index in [1.165, 1.54) is 17.4 Å².